The fourth-order valence-corrected chi connectivity index (χ4v) is 14.0. The molecule has 0 radical (unpaired) electrons. The van der Waals surface area contributed by atoms with Gasteiger partial charge in [-0.1, -0.05) is 82.7 Å². The van der Waals surface area contributed by atoms with E-state index in [9.17, 15) is 38.4 Å². The molecule has 2 N–H and O–H groups in total. The molecular formula is C81H93BrF5N9O14. The van der Waals surface area contributed by atoms with E-state index in [2.05, 4.69) is 31.4 Å². The van der Waals surface area contributed by atoms with Crippen molar-refractivity contribution < 1.29 is 88.7 Å². The minimum Gasteiger partial charge on any atom is -0.471 e. The number of halogens is 6. The molecule has 0 bridgehead atoms. The summed E-state index contributed by atoms with van der Waals surface area (Å²) in [5, 5.41) is 5.21. The third-order valence-electron chi connectivity index (χ3n) is 18.8. The third kappa shape index (κ3) is 19.9. The van der Waals surface area contributed by atoms with E-state index in [4.69, 9.17) is 35.0 Å². The number of carbonyl (C=O) groups is 8. The maximum absolute atomic E-state index is 15.4. The standard InChI is InChI=1S/C41H45F4N5O7.C40H48BrFN4O7/c1-25(2)50(28-14-11-18-48(23-28)38(54)57-39(3,4)5)35(51)29-21-33-34(22-30(29)41(43,44)45)56-40(6,31-20-27(46-7)15-16-32(31)42)36(52)49(33)19-17-47-37(53)55-24-26-12-9-8-10-13-26;1-25(2)46(29-14-11-18-44(23-29)38(50)53-39(4,5)6)35(47)30-22-33-34(20-26(30)3)52-40(7,31-21-28(41)15-16-32(31)42)36(48)45(33)19-17-43-37(49)51-24-27-12-9-8-10-13-27/h8-10,12-13,15-16,20-22,25,28H,11,14,17-19,23-24H2,1-6H3,(H,47,53);8-10,12-13,15-16,20-22,25,29H,11,14,17-19,23-24H2,1-7H3,(H,43,49)/t28-,40?;29-,40?/m11/s1. The van der Waals surface area contributed by atoms with Gasteiger partial charge in [-0.15, -0.1) is 0 Å². The maximum atomic E-state index is 15.4. The number of nitrogens with one attached hydrogen (secondary N) is 2. The molecule has 588 valence electrons. The Morgan fingerprint density at radius 3 is 1.45 bits per heavy atom. The van der Waals surface area contributed by atoms with Crippen LogP contribution in [0.3, 0.4) is 0 Å². The topological polar surface area (TPSA) is 240 Å². The van der Waals surface area contributed by atoms with Crippen LogP contribution < -0.4 is 29.9 Å². The summed E-state index contributed by atoms with van der Waals surface area (Å²) in [4.78, 5) is 121. The van der Waals surface area contributed by atoms with E-state index in [1.54, 1.807) is 93.8 Å². The number of alkyl carbamates (subject to hydrolysis) is 2. The number of ether oxygens (including phenoxy) is 6. The highest BCUT2D eigenvalue weighted by atomic mass is 79.9. The van der Waals surface area contributed by atoms with Crippen molar-refractivity contribution >= 4 is 81.0 Å². The van der Waals surface area contributed by atoms with Gasteiger partial charge in [-0.2, -0.15) is 13.2 Å². The first-order valence-corrected chi connectivity index (χ1v) is 37.1. The Kier molecular flexibility index (Phi) is 26.3. The average molecular weight is 1590 g/mol. The number of nitrogens with zero attached hydrogens (tertiary/aromatic N) is 7. The first-order chi connectivity index (χ1) is 51.7. The summed E-state index contributed by atoms with van der Waals surface area (Å²) in [6.45, 7) is 30.1. The van der Waals surface area contributed by atoms with Crippen molar-refractivity contribution in [2.75, 3.05) is 62.2 Å². The summed E-state index contributed by atoms with van der Waals surface area (Å²) < 4.78 is 111. The highest BCUT2D eigenvalue weighted by Crippen LogP contribution is 2.49. The summed E-state index contributed by atoms with van der Waals surface area (Å²) in [6.07, 6.45) is -5.41. The molecule has 29 heteroatoms. The molecule has 4 heterocycles. The lowest BCUT2D eigenvalue weighted by atomic mass is 9.90. The zero-order valence-corrected chi connectivity index (χ0v) is 65.5. The Morgan fingerprint density at radius 2 is 1.03 bits per heavy atom. The molecule has 10 rings (SSSR count). The van der Waals surface area contributed by atoms with Crippen molar-refractivity contribution in [3.63, 3.8) is 0 Å². The fourth-order valence-electron chi connectivity index (χ4n) is 13.7. The van der Waals surface area contributed by atoms with Crippen molar-refractivity contribution in [2.24, 2.45) is 0 Å². The van der Waals surface area contributed by atoms with E-state index in [0.29, 0.717) is 78.2 Å². The molecule has 0 aromatic heterocycles. The quantitative estimate of drug-likeness (QED) is 0.0462. The van der Waals surface area contributed by atoms with Gasteiger partial charge in [-0.3, -0.25) is 19.2 Å². The van der Waals surface area contributed by atoms with Crippen molar-refractivity contribution in [1.29, 1.82) is 0 Å². The Balaban J connectivity index is 0.000000254. The highest BCUT2D eigenvalue weighted by Gasteiger charge is 2.52. The summed E-state index contributed by atoms with van der Waals surface area (Å²) in [6, 6.07) is 28.6. The predicted octanol–water partition coefficient (Wildman–Crippen LogP) is 15.9. The van der Waals surface area contributed by atoms with Crippen LogP contribution in [0.4, 0.5) is 58.2 Å². The number of amides is 8. The third-order valence-corrected chi connectivity index (χ3v) is 19.3. The molecule has 8 amide bonds. The van der Waals surface area contributed by atoms with Crippen LogP contribution in [0.25, 0.3) is 4.85 Å². The molecule has 0 saturated carbocycles. The smallest absolute Gasteiger partial charge is 0.417 e. The number of aryl methyl sites for hydroxylation is 1. The molecule has 2 unspecified atom stereocenters. The second-order valence-corrected chi connectivity index (χ2v) is 31.0. The summed E-state index contributed by atoms with van der Waals surface area (Å²) >= 11 is 3.38. The number of piperidine rings is 2. The average Bonchev–Trinajstić information content (AvgIpc) is 0.732. The van der Waals surface area contributed by atoms with E-state index in [1.807, 2.05) is 65.0 Å². The predicted molar refractivity (Wildman–Crippen MR) is 404 cm³/mol. The number of fused-ring (bicyclic) bond motifs is 2. The normalized spacial score (nSPS) is 18.4. The summed E-state index contributed by atoms with van der Waals surface area (Å²) in [7, 11) is 0. The first kappa shape index (κ1) is 83.5. The van der Waals surface area contributed by atoms with Gasteiger partial charge in [0.2, 0.25) is 11.2 Å². The number of likely N-dealkylation sites (tertiary alicyclic amines) is 2. The molecule has 2 saturated heterocycles. The Morgan fingerprint density at radius 1 is 0.609 bits per heavy atom. The summed E-state index contributed by atoms with van der Waals surface area (Å²) in [5.41, 5.74) is -5.56. The number of carbonyl (C=O) groups excluding carboxylic acids is 8. The molecule has 0 spiro atoms. The van der Waals surface area contributed by atoms with Crippen molar-refractivity contribution in [1.82, 2.24) is 30.2 Å². The maximum Gasteiger partial charge on any atom is 0.417 e. The van der Waals surface area contributed by atoms with E-state index in [0.717, 1.165) is 28.7 Å². The van der Waals surface area contributed by atoms with E-state index >= 15 is 22.0 Å². The molecule has 6 aromatic rings. The minimum atomic E-state index is -5.11. The monoisotopic (exact) mass is 1590 g/mol. The Bertz CT molecular complexity index is 4460. The largest absolute Gasteiger partial charge is 0.471 e. The molecule has 23 nitrogen and oxygen atoms in total. The number of benzene rings is 6. The molecule has 4 atom stereocenters. The number of rotatable bonds is 18. The van der Waals surface area contributed by atoms with Gasteiger partial charge >= 0.3 is 30.5 Å². The van der Waals surface area contributed by atoms with Gasteiger partial charge in [0.15, 0.2) is 5.69 Å². The van der Waals surface area contributed by atoms with Crippen LogP contribution in [0.1, 0.15) is 163 Å². The second kappa shape index (κ2) is 34.6. The zero-order valence-electron chi connectivity index (χ0n) is 63.9. The SMILES string of the molecule is Cc1cc2c(cc1C(=O)N(C(C)C)[C@@H]1CCCN(C(=O)OC(C)(C)C)C1)N(CCNC(=O)OCc1ccccc1)C(=O)C(C)(c1cc(Br)ccc1F)O2.[C-]#[N+]c1ccc(F)c(C2(C)Oc3cc(C(F)(F)F)c(C(=O)N(C(C)C)[C@@H]4CCCN(C(=O)OC(C)(C)C)C4)cc3N(CCNC(=O)OCc3ccccc3)C2=O)c1. The fraction of sp³-hybridized carbons (Fsp3) is 0.444. The van der Waals surface area contributed by atoms with E-state index < -0.39 is 117 Å². The lowest BCUT2D eigenvalue weighted by Gasteiger charge is -2.43. The second-order valence-electron chi connectivity index (χ2n) is 30.1. The molecular weight excluding hydrogens is 1500 g/mol. The van der Waals surface area contributed by atoms with Gasteiger partial charge in [-0.25, -0.2) is 32.8 Å². The lowest BCUT2D eigenvalue weighted by molar-refractivity contribution is -0.139. The van der Waals surface area contributed by atoms with Crippen LogP contribution in [0, 0.1) is 25.1 Å². The van der Waals surface area contributed by atoms with Gasteiger partial charge in [0, 0.05) is 85.6 Å². The molecule has 6 aromatic carbocycles. The number of anilines is 2. The van der Waals surface area contributed by atoms with E-state index in [-0.39, 0.29) is 86.6 Å². The van der Waals surface area contributed by atoms with Crippen molar-refractivity contribution in [3.05, 3.63) is 193 Å². The van der Waals surface area contributed by atoms with Crippen LogP contribution in [0.2, 0.25) is 0 Å². The minimum absolute atomic E-state index is 0.00625. The molecule has 110 heavy (non-hydrogen) atoms. The van der Waals surface area contributed by atoms with Gasteiger partial charge in [0.05, 0.1) is 41.2 Å². The van der Waals surface area contributed by atoms with Gasteiger partial charge < -0.3 is 68.5 Å². The van der Waals surface area contributed by atoms with Crippen LogP contribution in [-0.2, 0) is 59.1 Å². The van der Waals surface area contributed by atoms with Crippen LogP contribution in [0.15, 0.2) is 126 Å². The van der Waals surface area contributed by atoms with Crippen LogP contribution in [-0.4, -0.2) is 155 Å². The van der Waals surface area contributed by atoms with Gasteiger partial charge in [0.1, 0.15) is 47.5 Å². The number of alkyl halides is 3. The Labute approximate surface area is 645 Å². The highest BCUT2D eigenvalue weighted by molar-refractivity contribution is 9.10. The first-order valence-electron chi connectivity index (χ1n) is 36.3. The summed E-state index contributed by atoms with van der Waals surface area (Å²) in [5.74, 6) is -4.58. The molecule has 4 aliphatic heterocycles. The van der Waals surface area contributed by atoms with Crippen molar-refractivity contribution in [2.45, 2.75) is 182 Å². The van der Waals surface area contributed by atoms with Crippen LogP contribution >= 0.6 is 15.9 Å². The van der Waals surface area contributed by atoms with Gasteiger partial charge in [-0.05, 0) is 187 Å². The van der Waals surface area contributed by atoms with E-state index in [1.165, 1.54) is 52.8 Å². The van der Waals surface area contributed by atoms with Crippen molar-refractivity contribution in [3.8, 4) is 11.5 Å². The Hall–Kier alpha value is -10.5. The number of hydrogen-bond donors (Lipinski definition) is 2. The number of hydrogen-bond acceptors (Lipinski definition) is 14. The molecule has 4 aliphatic rings. The zero-order chi connectivity index (χ0) is 80.5. The lowest BCUT2D eigenvalue weighted by Crippen LogP contribution is -2.55. The molecule has 2 fully saturated rings. The van der Waals surface area contributed by atoms with Crippen LogP contribution in [0.5, 0.6) is 11.5 Å². The van der Waals surface area contributed by atoms with Gasteiger partial charge in [0.25, 0.3) is 23.6 Å². The molecule has 0 aliphatic carbocycles.